The first-order valence-electron chi connectivity index (χ1n) is 6.90. The summed E-state index contributed by atoms with van der Waals surface area (Å²) in [7, 11) is -3.42. The SMILES string of the molecule is CCCC1(C(=O)O)CCN(S(=O)(=O)NC2CC2)CC1. The maximum atomic E-state index is 12.0. The molecule has 2 rings (SSSR count). The lowest BCUT2D eigenvalue weighted by molar-refractivity contribution is -0.152. The highest BCUT2D eigenvalue weighted by atomic mass is 32.2. The molecule has 0 aromatic carbocycles. The molecule has 19 heavy (non-hydrogen) atoms. The number of carboxylic acids is 1. The Morgan fingerprint density at radius 3 is 2.37 bits per heavy atom. The fourth-order valence-corrected chi connectivity index (χ4v) is 4.16. The standard InChI is InChI=1S/C12H22N2O4S/c1-2-5-12(11(15)16)6-8-14(9-7-12)19(17,18)13-10-3-4-10/h10,13H,2-9H2,1H3,(H,15,16). The summed E-state index contributed by atoms with van der Waals surface area (Å²) in [6.07, 6.45) is 4.04. The average Bonchev–Trinajstić information content (AvgIpc) is 3.13. The molecule has 1 saturated carbocycles. The molecule has 1 aliphatic carbocycles. The summed E-state index contributed by atoms with van der Waals surface area (Å²) < 4.78 is 28.1. The Bertz CT molecular complexity index is 437. The van der Waals surface area contributed by atoms with E-state index in [1.54, 1.807) is 0 Å². The Hall–Kier alpha value is -0.660. The second-order valence-electron chi connectivity index (χ2n) is 5.63. The van der Waals surface area contributed by atoms with Crippen LogP contribution in [0.15, 0.2) is 0 Å². The largest absolute Gasteiger partial charge is 0.481 e. The number of nitrogens with zero attached hydrogens (tertiary/aromatic N) is 1. The van der Waals surface area contributed by atoms with Gasteiger partial charge in [-0.2, -0.15) is 17.4 Å². The molecule has 7 heteroatoms. The lowest BCUT2D eigenvalue weighted by atomic mass is 9.75. The number of carboxylic acid groups (broad SMARTS) is 1. The van der Waals surface area contributed by atoms with E-state index in [1.165, 1.54) is 4.31 Å². The summed E-state index contributed by atoms with van der Waals surface area (Å²) in [6.45, 7) is 2.56. The Kier molecular flexibility index (Phi) is 4.17. The number of nitrogens with one attached hydrogen (secondary N) is 1. The van der Waals surface area contributed by atoms with Crippen LogP contribution in [0.1, 0.15) is 45.4 Å². The van der Waals surface area contributed by atoms with Crippen molar-refractivity contribution in [1.29, 1.82) is 0 Å². The second-order valence-corrected chi connectivity index (χ2v) is 7.33. The summed E-state index contributed by atoms with van der Waals surface area (Å²) in [6, 6.07) is 0.0896. The number of hydrogen-bond acceptors (Lipinski definition) is 3. The van der Waals surface area contributed by atoms with Crippen LogP contribution in [0.4, 0.5) is 0 Å². The van der Waals surface area contributed by atoms with Crippen molar-refractivity contribution in [1.82, 2.24) is 9.03 Å². The van der Waals surface area contributed by atoms with E-state index in [9.17, 15) is 18.3 Å². The van der Waals surface area contributed by atoms with Crippen LogP contribution in [0.3, 0.4) is 0 Å². The van der Waals surface area contributed by atoms with Crippen LogP contribution in [-0.2, 0) is 15.0 Å². The van der Waals surface area contributed by atoms with Gasteiger partial charge in [-0.25, -0.2) is 0 Å². The number of hydrogen-bond donors (Lipinski definition) is 2. The van der Waals surface area contributed by atoms with Crippen LogP contribution in [-0.4, -0.2) is 42.9 Å². The second kappa shape index (κ2) is 5.38. The topological polar surface area (TPSA) is 86.7 Å². The van der Waals surface area contributed by atoms with Crippen LogP contribution in [0.25, 0.3) is 0 Å². The maximum absolute atomic E-state index is 12.0. The van der Waals surface area contributed by atoms with Crippen LogP contribution >= 0.6 is 0 Å². The summed E-state index contributed by atoms with van der Waals surface area (Å²) >= 11 is 0. The zero-order chi connectivity index (χ0) is 14.1. The van der Waals surface area contributed by atoms with E-state index in [1.807, 2.05) is 6.92 Å². The summed E-state index contributed by atoms with van der Waals surface area (Å²) in [5.41, 5.74) is -0.736. The molecule has 0 bridgehead atoms. The first kappa shape index (κ1) is 14.7. The Morgan fingerprint density at radius 2 is 1.95 bits per heavy atom. The van der Waals surface area contributed by atoms with Crippen LogP contribution in [0.5, 0.6) is 0 Å². The third-order valence-corrected chi connectivity index (χ3v) is 5.77. The van der Waals surface area contributed by atoms with Gasteiger partial charge in [0.15, 0.2) is 0 Å². The van der Waals surface area contributed by atoms with E-state index in [4.69, 9.17) is 0 Å². The summed E-state index contributed by atoms with van der Waals surface area (Å²) in [5, 5.41) is 9.38. The Balaban J connectivity index is 1.98. The van der Waals surface area contributed by atoms with Crippen molar-refractivity contribution in [2.24, 2.45) is 5.41 Å². The molecule has 1 aliphatic heterocycles. The fourth-order valence-electron chi connectivity index (χ4n) is 2.69. The molecule has 1 saturated heterocycles. The van der Waals surface area contributed by atoms with Gasteiger partial charge < -0.3 is 5.11 Å². The highest BCUT2D eigenvalue weighted by molar-refractivity contribution is 7.87. The van der Waals surface area contributed by atoms with Crippen LogP contribution in [0.2, 0.25) is 0 Å². The molecule has 0 spiro atoms. The van der Waals surface area contributed by atoms with Crippen LogP contribution < -0.4 is 4.72 Å². The molecule has 1 heterocycles. The van der Waals surface area contributed by atoms with Crippen molar-refractivity contribution < 1.29 is 18.3 Å². The predicted octanol–water partition coefficient (Wildman–Crippen LogP) is 0.950. The van der Waals surface area contributed by atoms with Gasteiger partial charge in [0.1, 0.15) is 0 Å². The van der Waals surface area contributed by atoms with Gasteiger partial charge in [0.25, 0.3) is 10.2 Å². The van der Waals surface area contributed by atoms with Crippen molar-refractivity contribution in [3.05, 3.63) is 0 Å². The van der Waals surface area contributed by atoms with Gasteiger partial charge in [0.2, 0.25) is 0 Å². The normalized spacial score (nSPS) is 24.3. The van der Waals surface area contributed by atoms with Crippen molar-refractivity contribution >= 4 is 16.2 Å². The third-order valence-electron chi connectivity index (χ3n) is 4.09. The molecule has 0 aromatic heterocycles. The maximum Gasteiger partial charge on any atom is 0.309 e. The van der Waals surface area contributed by atoms with Gasteiger partial charge in [-0.1, -0.05) is 13.3 Å². The van der Waals surface area contributed by atoms with Gasteiger partial charge >= 0.3 is 5.97 Å². The van der Waals surface area contributed by atoms with Crippen molar-refractivity contribution in [3.8, 4) is 0 Å². The van der Waals surface area contributed by atoms with Gasteiger partial charge in [-0.3, -0.25) is 4.79 Å². The van der Waals surface area contributed by atoms with E-state index in [0.29, 0.717) is 32.4 Å². The quantitative estimate of drug-likeness (QED) is 0.762. The minimum absolute atomic E-state index is 0.0896. The van der Waals surface area contributed by atoms with E-state index < -0.39 is 21.6 Å². The van der Waals surface area contributed by atoms with E-state index >= 15 is 0 Å². The molecule has 6 nitrogen and oxygen atoms in total. The number of rotatable bonds is 6. The predicted molar refractivity (Wildman–Crippen MR) is 70.9 cm³/mol. The molecule has 0 atom stereocenters. The number of aliphatic carboxylic acids is 1. The molecular formula is C12H22N2O4S. The fraction of sp³-hybridized carbons (Fsp3) is 0.917. The highest BCUT2D eigenvalue weighted by Gasteiger charge is 2.43. The zero-order valence-electron chi connectivity index (χ0n) is 11.3. The van der Waals surface area contributed by atoms with E-state index in [0.717, 1.165) is 19.3 Å². The van der Waals surface area contributed by atoms with Crippen molar-refractivity contribution in [3.63, 3.8) is 0 Å². The molecule has 0 amide bonds. The molecule has 110 valence electrons. The molecule has 2 aliphatic rings. The first-order valence-corrected chi connectivity index (χ1v) is 8.34. The zero-order valence-corrected chi connectivity index (χ0v) is 12.1. The van der Waals surface area contributed by atoms with Crippen molar-refractivity contribution in [2.75, 3.05) is 13.1 Å². The molecule has 0 radical (unpaired) electrons. The van der Waals surface area contributed by atoms with Gasteiger partial charge in [0, 0.05) is 19.1 Å². The molecule has 2 fully saturated rings. The highest BCUT2D eigenvalue weighted by Crippen LogP contribution is 2.37. The molecule has 2 N–H and O–H groups in total. The molecule has 0 aromatic rings. The third kappa shape index (κ3) is 3.27. The average molecular weight is 290 g/mol. The van der Waals surface area contributed by atoms with Crippen molar-refractivity contribution in [2.45, 2.75) is 51.5 Å². The first-order chi connectivity index (χ1) is 8.89. The van der Waals surface area contributed by atoms with Crippen LogP contribution in [0, 0.1) is 5.41 Å². The van der Waals surface area contributed by atoms with E-state index in [-0.39, 0.29) is 6.04 Å². The smallest absolute Gasteiger partial charge is 0.309 e. The van der Waals surface area contributed by atoms with Gasteiger partial charge in [0.05, 0.1) is 5.41 Å². The lowest BCUT2D eigenvalue weighted by Crippen LogP contribution is -2.50. The minimum Gasteiger partial charge on any atom is -0.481 e. The molecule has 0 unspecified atom stereocenters. The number of piperidine rings is 1. The summed E-state index contributed by atoms with van der Waals surface area (Å²) in [5.74, 6) is -0.790. The Labute approximate surface area is 114 Å². The van der Waals surface area contributed by atoms with E-state index in [2.05, 4.69) is 4.72 Å². The minimum atomic E-state index is -3.42. The lowest BCUT2D eigenvalue weighted by Gasteiger charge is -2.38. The van der Waals surface area contributed by atoms with Gasteiger partial charge in [-0.05, 0) is 32.1 Å². The van der Waals surface area contributed by atoms with Gasteiger partial charge in [-0.15, -0.1) is 0 Å². The molecular weight excluding hydrogens is 268 g/mol. The monoisotopic (exact) mass is 290 g/mol. The Morgan fingerprint density at radius 1 is 1.37 bits per heavy atom. The number of carbonyl (C=O) groups is 1. The summed E-state index contributed by atoms with van der Waals surface area (Å²) in [4.78, 5) is 11.4.